The summed E-state index contributed by atoms with van der Waals surface area (Å²) in [5.41, 5.74) is -0.525. The number of halogens is 1. The molecule has 8 heteroatoms. The zero-order valence-corrected chi connectivity index (χ0v) is 14.9. The first-order chi connectivity index (χ1) is 12.5. The fourth-order valence-electron chi connectivity index (χ4n) is 3.50. The van der Waals surface area contributed by atoms with Gasteiger partial charge in [-0.3, -0.25) is 4.98 Å². The summed E-state index contributed by atoms with van der Waals surface area (Å²) in [6.07, 6.45) is 4.13. The van der Waals surface area contributed by atoms with E-state index in [9.17, 15) is 12.8 Å². The first-order valence-corrected chi connectivity index (χ1v) is 9.86. The lowest BCUT2D eigenvalue weighted by Crippen LogP contribution is -2.66. The van der Waals surface area contributed by atoms with Gasteiger partial charge in [-0.15, -0.1) is 0 Å². The molecular weight excluding hydrogens is 359 g/mol. The Bertz CT molecular complexity index is 885. The lowest BCUT2D eigenvalue weighted by molar-refractivity contribution is -0.107. The highest BCUT2D eigenvalue weighted by Crippen LogP contribution is 2.42. The second kappa shape index (κ2) is 6.61. The fourth-order valence-corrected chi connectivity index (χ4v) is 5.08. The quantitative estimate of drug-likeness (QED) is 0.797. The summed E-state index contributed by atoms with van der Waals surface area (Å²) in [4.78, 5) is 3.98. The van der Waals surface area contributed by atoms with Crippen LogP contribution < -0.4 is 4.74 Å². The van der Waals surface area contributed by atoms with E-state index in [1.165, 1.54) is 22.5 Å². The summed E-state index contributed by atoms with van der Waals surface area (Å²) >= 11 is 0. The summed E-state index contributed by atoms with van der Waals surface area (Å²) in [5, 5.41) is 0. The van der Waals surface area contributed by atoms with Crippen molar-refractivity contribution in [2.45, 2.75) is 16.9 Å². The molecule has 0 amide bonds. The van der Waals surface area contributed by atoms with Crippen LogP contribution in [0.3, 0.4) is 0 Å². The van der Waals surface area contributed by atoms with Crippen molar-refractivity contribution in [3.63, 3.8) is 0 Å². The highest BCUT2D eigenvalue weighted by atomic mass is 32.2. The Morgan fingerprint density at radius 2 is 2.15 bits per heavy atom. The molecule has 4 rings (SSSR count). The topological polar surface area (TPSA) is 68.7 Å². The molecule has 2 aromatic rings. The molecule has 0 bridgehead atoms. The van der Waals surface area contributed by atoms with Gasteiger partial charge in [0.15, 0.2) is 0 Å². The van der Waals surface area contributed by atoms with E-state index in [2.05, 4.69) is 4.98 Å². The molecule has 138 valence electrons. The van der Waals surface area contributed by atoms with Crippen LogP contribution in [0, 0.1) is 11.7 Å². The molecular formula is C18H19FN2O4S. The van der Waals surface area contributed by atoms with Crippen LogP contribution in [0.15, 0.2) is 53.7 Å². The van der Waals surface area contributed by atoms with Crippen molar-refractivity contribution in [3.05, 3.63) is 54.6 Å². The van der Waals surface area contributed by atoms with Gasteiger partial charge in [-0.1, -0.05) is 6.07 Å². The van der Waals surface area contributed by atoms with Crippen LogP contribution in [0.1, 0.15) is 6.42 Å². The molecule has 1 aromatic carbocycles. The average Bonchev–Trinajstić information content (AvgIpc) is 3.04. The molecule has 0 radical (unpaired) electrons. The van der Waals surface area contributed by atoms with Gasteiger partial charge in [0.25, 0.3) is 0 Å². The number of pyridine rings is 1. The molecule has 0 aliphatic carbocycles. The molecule has 0 N–H and O–H groups in total. The standard InChI is InChI=1S/C18H19FN2O4S/c19-15-3-1-5-17(9-15)26(22,23)21-12-18(13-21)14(6-8-25-18)11-24-16-4-2-7-20-10-16/h1-5,7,9-10,14H,6,8,11-13H2/t14-/m0/s1. The summed E-state index contributed by atoms with van der Waals surface area (Å²) < 4.78 is 51.7. The summed E-state index contributed by atoms with van der Waals surface area (Å²) in [6.45, 7) is 1.54. The SMILES string of the molecule is O=S(=O)(c1cccc(F)c1)N1CC2(C1)OCC[C@H]2COc1cccnc1. The largest absolute Gasteiger partial charge is 0.492 e. The highest BCUT2D eigenvalue weighted by Gasteiger charge is 2.56. The number of aromatic nitrogens is 1. The Balaban J connectivity index is 1.43. The van der Waals surface area contributed by atoms with Crippen LogP contribution >= 0.6 is 0 Å². The van der Waals surface area contributed by atoms with Gasteiger partial charge in [0, 0.05) is 31.8 Å². The van der Waals surface area contributed by atoms with Crippen molar-refractivity contribution in [3.8, 4) is 5.75 Å². The van der Waals surface area contributed by atoms with Crippen LogP contribution in [-0.4, -0.2) is 49.6 Å². The van der Waals surface area contributed by atoms with Gasteiger partial charge in [0.05, 0.1) is 17.7 Å². The van der Waals surface area contributed by atoms with Gasteiger partial charge in [0.1, 0.15) is 17.2 Å². The number of nitrogens with zero attached hydrogens (tertiary/aromatic N) is 2. The molecule has 6 nitrogen and oxygen atoms in total. The Morgan fingerprint density at radius 1 is 1.31 bits per heavy atom. The number of benzene rings is 1. The monoisotopic (exact) mass is 378 g/mol. The van der Waals surface area contributed by atoms with Gasteiger partial charge >= 0.3 is 0 Å². The van der Waals surface area contributed by atoms with E-state index in [0.29, 0.717) is 19.0 Å². The van der Waals surface area contributed by atoms with E-state index in [1.807, 2.05) is 6.07 Å². The average molecular weight is 378 g/mol. The van der Waals surface area contributed by atoms with E-state index in [-0.39, 0.29) is 23.9 Å². The van der Waals surface area contributed by atoms with Crippen LogP contribution in [0.5, 0.6) is 5.75 Å². The lowest BCUT2D eigenvalue weighted by Gasteiger charge is -2.48. The second-order valence-corrected chi connectivity index (χ2v) is 8.57. The Labute approximate surface area is 151 Å². The summed E-state index contributed by atoms with van der Waals surface area (Å²) in [6, 6.07) is 8.70. The van der Waals surface area contributed by atoms with E-state index in [0.717, 1.165) is 12.5 Å². The Kier molecular flexibility index (Phi) is 4.42. The molecule has 1 aromatic heterocycles. The molecule has 2 aliphatic heterocycles. The first kappa shape index (κ1) is 17.4. The van der Waals surface area contributed by atoms with Crippen LogP contribution in [0.25, 0.3) is 0 Å². The van der Waals surface area contributed by atoms with Crippen molar-refractivity contribution >= 4 is 10.0 Å². The lowest BCUT2D eigenvalue weighted by atomic mass is 9.83. The molecule has 0 unspecified atom stereocenters. The molecule has 2 fully saturated rings. The highest BCUT2D eigenvalue weighted by molar-refractivity contribution is 7.89. The van der Waals surface area contributed by atoms with Crippen molar-refractivity contribution < 1.29 is 22.3 Å². The maximum atomic E-state index is 13.4. The Hall–Kier alpha value is -2.03. The van der Waals surface area contributed by atoms with Crippen molar-refractivity contribution in [1.29, 1.82) is 0 Å². The molecule has 26 heavy (non-hydrogen) atoms. The van der Waals surface area contributed by atoms with Crippen LogP contribution in [-0.2, 0) is 14.8 Å². The third kappa shape index (κ3) is 3.08. The van der Waals surface area contributed by atoms with E-state index < -0.39 is 21.4 Å². The number of rotatable bonds is 5. The van der Waals surface area contributed by atoms with Crippen LogP contribution in [0.2, 0.25) is 0 Å². The predicted octanol–water partition coefficient (Wildman–Crippen LogP) is 2.08. The van der Waals surface area contributed by atoms with Gasteiger partial charge in [-0.2, -0.15) is 4.31 Å². The third-order valence-electron chi connectivity index (χ3n) is 5.01. The normalized spacial score (nSPS) is 22.3. The zero-order chi connectivity index (χ0) is 18.2. The molecule has 2 saturated heterocycles. The number of sulfonamides is 1. The summed E-state index contributed by atoms with van der Waals surface area (Å²) in [7, 11) is -3.72. The number of hydrogen-bond donors (Lipinski definition) is 0. The fraction of sp³-hybridized carbons (Fsp3) is 0.389. The number of hydrogen-bond acceptors (Lipinski definition) is 5. The van der Waals surface area contributed by atoms with Gasteiger partial charge in [-0.05, 0) is 36.8 Å². The van der Waals surface area contributed by atoms with E-state index in [4.69, 9.17) is 9.47 Å². The maximum Gasteiger partial charge on any atom is 0.243 e. The molecule has 2 aliphatic rings. The van der Waals surface area contributed by atoms with Gasteiger partial charge in [-0.25, -0.2) is 12.8 Å². The minimum absolute atomic E-state index is 0.0338. The molecule has 0 saturated carbocycles. The van der Waals surface area contributed by atoms with Crippen molar-refractivity contribution in [1.82, 2.24) is 9.29 Å². The van der Waals surface area contributed by atoms with Gasteiger partial charge in [0.2, 0.25) is 10.0 Å². The molecule has 3 heterocycles. The Morgan fingerprint density at radius 3 is 2.88 bits per heavy atom. The minimum Gasteiger partial charge on any atom is -0.492 e. The maximum absolute atomic E-state index is 13.4. The van der Waals surface area contributed by atoms with Crippen LogP contribution in [0.4, 0.5) is 4.39 Å². The van der Waals surface area contributed by atoms with Crippen molar-refractivity contribution in [2.75, 3.05) is 26.3 Å². The van der Waals surface area contributed by atoms with E-state index >= 15 is 0 Å². The molecule has 1 atom stereocenters. The minimum atomic E-state index is -3.72. The van der Waals surface area contributed by atoms with Gasteiger partial charge < -0.3 is 9.47 Å². The molecule has 1 spiro atoms. The summed E-state index contributed by atoms with van der Waals surface area (Å²) in [5.74, 6) is 0.209. The third-order valence-corrected chi connectivity index (χ3v) is 6.79. The van der Waals surface area contributed by atoms with E-state index in [1.54, 1.807) is 18.5 Å². The van der Waals surface area contributed by atoms with Crippen molar-refractivity contribution in [2.24, 2.45) is 5.92 Å². The second-order valence-electron chi connectivity index (χ2n) is 6.63. The first-order valence-electron chi connectivity index (χ1n) is 8.42. The smallest absolute Gasteiger partial charge is 0.243 e. The zero-order valence-electron chi connectivity index (χ0n) is 14.0. The predicted molar refractivity (Wildman–Crippen MR) is 91.7 cm³/mol. The number of ether oxygens (including phenoxy) is 2.